The van der Waals surface area contributed by atoms with Gasteiger partial charge >= 0.3 is 6.16 Å². The largest absolute Gasteiger partial charge is 0.513 e. The predicted molar refractivity (Wildman–Crippen MR) is 117 cm³/mol. The van der Waals surface area contributed by atoms with Crippen molar-refractivity contribution >= 4 is 34.4 Å². The molecular weight excluding hydrogens is 424 g/mol. The molecule has 1 N–H and O–H groups in total. The molecule has 1 fully saturated rings. The van der Waals surface area contributed by atoms with Crippen LogP contribution < -0.4 is 19.1 Å². The van der Waals surface area contributed by atoms with Gasteiger partial charge in [-0.05, 0) is 29.8 Å². The highest BCUT2D eigenvalue weighted by Gasteiger charge is 2.22. The van der Waals surface area contributed by atoms with E-state index in [1.807, 2.05) is 24.3 Å². The molecule has 164 valence electrons. The van der Waals surface area contributed by atoms with Gasteiger partial charge in [-0.2, -0.15) is 0 Å². The third kappa shape index (κ3) is 4.65. The van der Waals surface area contributed by atoms with Gasteiger partial charge in [-0.3, -0.25) is 4.90 Å². The van der Waals surface area contributed by atoms with Crippen molar-refractivity contribution in [2.75, 3.05) is 45.3 Å². The number of hydrogen-bond donors (Lipinski definition) is 1. The van der Waals surface area contributed by atoms with Crippen molar-refractivity contribution in [1.82, 2.24) is 4.90 Å². The number of methoxy groups -OCH3 is 2. The van der Waals surface area contributed by atoms with Gasteiger partial charge in [0.05, 0.1) is 24.9 Å². The molecule has 31 heavy (non-hydrogen) atoms. The lowest BCUT2D eigenvalue weighted by Crippen LogP contribution is -2.46. The highest BCUT2D eigenvalue weighted by molar-refractivity contribution is 6.38. The summed E-state index contributed by atoms with van der Waals surface area (Å²) < 4.78 is 20.7. The number of fused-ring (bicyclic) bond motifs is 1. The molecular formula is C22H23ClN2O6. The Morgan fingerprint density at radius 3 is 2.35 bits per heavy atom. The number of benzene rings is 2. The van der Waals surface area contributed by atoms with Crippen molar-refractivity contribution in [3.63, 3.8) is 0 Å². The normalized spacial score (nSPS) is 14.6. The van der Waals surface area contributed by atoms with Gasteiger partial charge in [0.25, 0.3) is 5.95 Å². The van der Waals surface area contributed by atoms with Gasteiger partial charge in [-0.15, -0.1) is 0 Å². The van der Waals surface area contributed by atoms with Gasteiger partial charge in [0.2, 0.25) is 0 Å². The molecule has 0 radical (unpaired) electrons. The molecule has 0 bridgehead atoms. The van der Waals surface area contributed by atoms with Crippen molar-refractivity contribution in [3.8, 4) is 17.4 Å². The Morgan fingerprint density at radius 1 is 1.06 bits per heavy atom. The number of ether oxygens (including phenoxy) is 3. The number of rotatable bonds is 6. The lowest BCUT2D eigenvalue weighted by Gasteiger charge is -2.36. The summed E-state index contributed by atoms with van der Waals surface area (Å²) >= 11 is 6.61. The topological polar surface area (TPSA) is 84.6 Å². The molecule has 1 saturated heterocycles. The van der Waals surface area contributed by atoms with Crippen LogP contribution in [0.25, 0.3) is 11.0 Å². The maximum absolute atomic E-state index is 10.7. The lowest BCUT2D eigenvalue weighted by atomic mass is 10.1. The fourth-order valence-electron chi connectivity index (χ4n) is 3.79. The van der Waals surface area contributed by atoms with Crippen LogP contribution in [0.2, 0.25) is 5.02 Å². The van der Waals surface area contributed by atoms with Crippen LogP contribution in [0.15, 0.2) is 40.8 Å². The second kappa shape index (κ2) is 8.95. The molecule has 2 aromatic carbocycles. The molecule has 0 spiro atoms. The zero-order valence-corrected chi connectivity index (χ0v) is 18.0. The smallest absolute Gasteiger partial charge is 0.497 e. The molecule has 9 heteroatoms. The average molecular weight is 447 g/mol. The number of halogens is 1. The minimum absolute atomic E-state index is 0.0971. The van der Waals surface area contributed by atoms with Crippen LogP contribution in [0.4, 0.5) is 10.5 Å². The summed E-state index contributed by atoms with van der Waals surface area (Å²) in [4.78, 5) is 15.3. The van der Waals surface area contributed by atoms with Crippen LogP contribution in [0.3, 0.4) is 0 Å². The molecule has 2 heterocycles. The number of carbonyl (C=O) groups is 1. The van der Waals surface area contributed by atoms with Crippen molar-refractivity contribution < 1.29 is 28.5 Å². The molecule has 1 aromatic heterocycles. The van der Waals surface area contributed by atoms with E-state index in [-0.39, 0.29) is 5.95 Å². The molecule has 4 rings (SSSR count). The fourth-order valence-corrected chi connectivity index (χ4v) is 4.12. The lowest BCUT2D eigenvalue weighted by molar-refractivity contribution is 0.134. The van der Waals surface area contributed by atoms with Crippen LogP contribution in [0, 0.1) is 0 Å². The number of nitrogens with zero attached hydrogens (tertiary/aromatic N) is 2. The number of anilines is 1. The summed E-state index contributed by atoms with van der Waals surface area (Å²) in [5.41, 5.74) is 2.50. The average Bonchev–Trinajstić information content (AvgIpc) is 3.17. The third-order valence-corrected chi connectivity index (χ3v) is 5.71. The van der Waals surface area contributed by atoms with Gasteiger partial charge in [-0.25, -0.2) is 4.79 Å². The van der Waals surface area contributed by atoms with Crippen LogP contribution in [0.1, 0.15) is 5.56 Å². The van der Waals surface area contributed by atoms with Gasteiger partial charge in [-0.1, -0.05) is 11.6 Å². The second-order valence-corrected chi connectivity index (χ2v) is 7.61. The number of carboxylic acid groups (broad SMARTS) is 1. The van der Waals surface area contributed by atoms with Crippen LogP contribution in [0.5, 0.6) is 17.4 Å². The molecule has 1 aliphatic heterocycles. The number of piperazine rings is 1. The van der Waals surface area contributed by atoms with Gasteiger partial charge in [0, 0.05) is 50.2 Å². The summed E-state index contributed by atoms with van der Waals surface area (Å²) in [6.45, 7) is 4.15. The summed E-state index contributed by atoms with van der Waals surface area (Å²) in [6.07, 6.45) is -1.43. The number of hydrogen-bond acceptors (Lipinski definition) is 7. The Hall–Kier alpha value is -3.10. The first-order chi connectivity index (χ1) is 15.0. The second-order valence-electron chi connectivity index (χ2n) is 7.23. The Labute approximate surface area is 184 Å². The maximum Gasteiger partial charge on any atom is 0.513 e. The van der Waals surface area contributed by atoms with Crippen molar-refractivity contribution in [2.45, 2.75) is 6.54 Å². The van der Waals surface area contributed by atoms with Crippen molar-refractivity contribution in [3.05, 3.63) is 47.0 Å². The number of furan rings is 1. The van der Waals surface area contributed by atoms with Crippen molar-refractivity contribution in [1.29, 1.82) is 0 Å². The summed E-state index contributed by atoms with van der Waals surface area (Å²) in [5, 5.41) is 9.91. The van der Waals surface area contributed by atoms with Crippen LogP contribution in [-0.4, -0.2) is 56.6 Å². The van der Waals surface area contributed by atoms with E-state index < -0.39 is 6.16 Å². The highest BCUT2D eigenvalue weighted by atomic mass is 35.5. The summed E-state index contributed by atoms with van der Waals surface area (Å²) in [5.74, 6) is 1.46. The Bertz CT molecular complexity index is 1070. The van der Waals surface area contributed by atoms with E-state index in [4.69, 9.17) is 30.6 Å². The maximum atomic E-state index is 10.7. The van der Waals surface area contributed by atoms with Gasteiger partial charge in [0.15, 0.2) is 0 Å². The first kappa shape index (κ1) is 21.1. The van der Waals surface area contributed by atoms with Crippen molar-refractivity contribution in [2.24, 2.45) is 0 Å². The first-order valence-corrected chi connectivity index (χ1v) is 10.2. The Balaban J connectivity index is 1.44. The first-order valence-electron chi connectivity index (χ1n) is 9.79. The van der Waals surface area contributed by atoms with E-state index in [1.165, 1.54) is 6.07 Å². The zero-order valence-electron chi connectivity index (χ0n) is 17.3. The molecule has 1 aliphatic rings. The Kier molecular flexibility index (Phi) is 6.11. The molecule has 0 aliphatic carbocycles. The van der Waals surface area contributed by atoms with Gasteiger partial charge in [0.1, 0.15) is 17.1 Å². The molecule has 0 amide bonds. The van der Waals surface area contributed by atoms with E-state index in [0.29, 0.717) is 16.0 Å². The summed E-state index contributed by atoms with van der Waals surface area (Å²) in [6, 6.07) is 11.1. The quantitative estimate of drug-likeness (QED) is 0.555. The third-order valence-electron chi connectivity index (χ3n) is 5.31. The van der Waals surface area contributed by atoms with Crippen LogP contribution in [-0.2, 0) is 6.54 Å². The van der Waals surface area contributed by atoms with E-state index in [2.05, 4.69) is 14.5 Å². The fraction of sp³-hybridized carbons (Fsp3) is 0.318. The monoisotopic (exact) mass is 446 g/mol. The highest BCUT2D eigenvalue weighted by Crippen LogP contribution is 2.37. The summed E-state index contributed by atoms with van der Waals surface area (Å²) in [7, 11) is 3.29. The molecule has 0 saturated carbocycles. The van der Waals surface area contributed by atoms with Gasteiger partial charge < -0.3 is 28.6 Å². The van der Waals surface area contributed by atoms with E-state index in [9.17, 15) is 4.79 Å². The minimum atomic E-state index is -1.43. The van der Waals surface area contributed by atoms with E-state index in [0.717, 1.165) is 55.5 Å². The van der Waals surface area contributed by atoms with E-state index in [1.54, 1.807) is 20.3 Å². The predicted octanol–water partition coefficient (Wildman–Crippen LogP) is 4.48. The molecule has 0 unspecified atom stereocenters. The molecule has 3 aromatic rings. The Morgan fingerprint density at radius 2 is 1.74 bits per heavy atom. The standard InChI is InChI=1S/C22H23ClN2O6/c1-28-15-9-14(10-16(11-15)29-2)13-24-5-7-25(8-6-24)18-3-4-19-17(21(18)23)12-20(30-19)31-22(26)27/h3-4,9-12H,5-8,13H2,1-2H3,(H,26,27). The van der Waals surface area contributed by atoms with Crippen LogP contribution >= 0.6 is 11.6 Å². The van der Waals surface area contributed by atoms with E-state index >= 15 is 0 Å². The minimum Gasteiger partial charge on any atom is -0.497 e. The molecule has 0 atom stereocenters. The zero-order chi connectivity index (χ0) is 22.0. The SMILES string of the molecule is COc1cc(CN2CCN(c3ccc4oc(OC(=O)O)cc4c3Cl)CC2)cc(OC)c1. The molecule has 8 nitrogen and oxygen atoms in total.